The number of halogens is 1. The molecule has 2 bridgehead atoms. The van der Waals surface area contributed by atoms with Gasteiger partial charge in [-0.1, -0.05) is 11.6 Å². The van der Waals surface area contributed by atoms with Gasteiger partial charge in [0, 0.05) is 24.9 Å². The van der Waals surface area contributed by atoms with E-state index in [1.807, 2.05) is 0 Å². The van der Waals surface area contributed by atoms with E-state index in [2.05, 4.69) is 0 Å². The predicted octanol–water partition coefficient (Wildman–Crippen LogP) is 1.90. The number of rotatable bonds is 1. The number of piperidine rings is 1. The van der Waals surface area contributed by atoms with Crippen LogP contribution in [0, 0.1) is 0 Å². The van der Waals surface area contributed by atoms with E-state index >= 15 is 0 Å². The molecule has 2 fully saturated rings. The summed E-state index contributed by atoms with van der Waals surface area (Å²) in [7, 11) is 0. The van der Waals surface area contributed by atoms with Gasteiger partial charge in [0.1, 0.15) is 5.78 Å². The second-order valence-corrected chi connectivity index (χ2v) is 4.78. The molecule has 2 rings (SSSR count). The van der Waals surface area contributed by atoms with Crippen LogP contribution in [0.25, 0.3) is 0 Å². The van der Waals surface area contributed by atoms with Crippen LogP contribution in [0.2, 0.25) is 0 Å². The standard InChI is InChI=1S/C10H14ClNO3/c1-6(11)15-10(14)12-7-2-3-8(12)5-9(13)4-7/h6-8H,2-5H2,1H3. The molecule has 0 radical (unpaired) electrons. The molecule has 0 N–H and O–H groups in total. The molecule has 5 heteroatoms. The summed E-state index contributed by atoms with van der Waals surface area (Å²) in [5.41, 5.74) is -0.616. The Balaban J connectivity index is 2.04. The Bertz CT molecular complexity index is 276. The molecule has 0 saturated carbocycles. The maximum Gasteiger partial charge on any atom is 0.411 e. The highest BCUT2D eigenvalue weighted by atomic mass is 35.5. The lowest BCUT2D eigenvalue weighted by atomic mass is 10.0. The first-order chi connectivity index (χ1) is 7.08. The van der Waals surface area contributed by atoms with E-state index in [1.54, 1.807) is 11.8 Å². The number of carbonyl (C=O) groups excluding carboxylic acids is 2. The van der Waals surface area contributed by atoms with Crippen molar-refractivity contribution in [3.8, 4) is 0 Å². The van der Waals surface area contributed by atoms with Crippen LogP contribution in [0.15, 0.2) is 0 Å². The minimum atomic E-state index is -0.616. The molecule has 0 spiro atoms. The summed E-state index contributed by atoms with van der Waals surface area (Å²) in [4.78, 5) is 24.7. The van der Waals surface area contributed by atoms with Crippen LogP contribution in [0.1, 0.15) is 32.6 Å². The Morgan fingerprint density at radius 2 is 2.00 bits per heavy atom. The summed E-state index contributed by atoms with van der Waals surface area (Å²) in [6, 6.07) is 0.0818. The highest BCUT2D eigenvalue weighted by Gasteiger charge is 2.43. The van der Waals surface area contributed by atoms with Gasteiger partial charge in [0.15, 0.2) is 5.56 Å². The molecule has 2 heterocycles. The summed E-state index contributed by atoms with van der Waals surface area (Å²) in [6.07, 6.45) is 2.38. The molecule has 15 heavy (non-hydrogen) atoms. The molecule has 2 aliphatic heterocycles. The first-order valence-corrected chi connectivity index (χ1v) is 5.66. The second-order valence-electron chi connectivity index (χ2n) is 4.17. The van der Waals surface area contributed by atoms with Gasteiger partial charge in [0.25, 0.3) is 0 Å². The zero-order valence-corrected chi connectivity index (χ0v) is 9.37. The second kappa shape index (κ2) is 4.00. The molecule has 0 aromatic heterocycles. The SMILES string of the molecule is CC(Cl)OC(=O)N1C2CCC1CC(=O)C2. The van der Waals surface area contributed by atoms with Crippen molar-refractivity contribution in [2.75, 3.05) is 0 Å². The number of Topliss-reactive ketones (excluding diaryl/α,β-unsaturated/α-hetero) is 1. The van der Waals surface area contributed by atoms with Crippen LogP contribution in [-0.2, 0) is 9.53 Å². The summed E-state index contributed by atoms with van der Waals surface area (Å²) in [5.74, 6) is 0.255. The van der Waals surface area contributed by atoms with Gasteiger partial charge in [-0.25, -0.2) is 4.79 Å². The predicted molar refractivity (Wildman–Crippen MR) is 54.7 cm³/mol. The molecule has 2 aliphatic rings. The lowest BCUT2D eigenvalue weighted by Crippen LogP contribution is -2.47. The van der Waals surface area contributed by atoms with Crippen LogP contribution < -0.4 is 0 Å². The summed E-state index contributed by atoms with van der Waals surface area (Å²) < 4.78 is 4.95. The third-order valence-corrected chi connectivity index (χ3v) is 3.11. The van der Waals surface area contributed by atoms with Gasteiger partial charge in [-0.15, -0.1) is 0 Å². The molecular formula is C10H14ClNO3. The molecule has 84 valence electrons. The van der Waals surface area contributed by atoms with Crippen LogP contribution >= 0.6 is 11.6 Å². The molecular weight excluding hydrogens is 218 g/mol. The minimum absolute atomic E-state index is 0.0409. The Morgan fingerprint density at radius 1 is 1.47 bits per heavy atom. The Kier molecular flexibility index (Phi) is 2.87. The lowest BCUT2D eigenvalue weighted by Gasteiger charge is -2.33. The van der Waals surface area contributed by atoms with Gasteiger partial charge in [-0.2, -0.15) is 0 Å². The number of hydrogen-bond acceptors (Lipinski definition) is 3. The number of fused-ring (bicyclic) bond motifs is 2. The molecule has 0 aromatic rings. The lowest BCUT2D eigenvalue weighted by molar-refractivity contribution is -0.123. The van der Waals surface area contributed by atoms with Crippen molar-refractivity contribution in [3.63, 3.8) is 0 Å². The van der Waals surface area contributed by atoms with Gasteiger partial charge >= 0.3 is 6.09 Å². The van der Waals surface area contributed by atoms with Gasteiger partial charge in [0.05, 0.1) is 0 Å². The normalized spacial score (nSPS) is 31.6. The molecule has 4 nitrogen and oxygen atoms in total. The highest BCUT2D eigenvalue weighted by Crippen LogP contribution is 2.34. The van der Waals surface area contributed by atoms with Crippen molar-refractivity contribution >= 4 is 23.5 Å². The van der Waals surface area contributed by atoms with Crippen LogP contribution in [0.4, 0.5) is 4.79 Å². The van der Waals surface area contributed by atoms with Crippen molar-refractivity contribution in [2.45, 2.75) is 50.3 Å². The summed E-state index contributed by atoms with van der Waals surface area (Å²) >= 11 is 5.60. The molecule has 2 saturated heterocycles. The zero-order valence-electron chi connectivity index (χ0n) is 8.61. The molecule has 3 atom stereocenters. The molecule has 0 aromatic carbocycles. The monoisotopic (exact) mass is 231 g/mol. The number of amides is 1. The Morgan fingerprint density at radius 3 is 2.47 bits per heavy atom. The van der Waals surface area contributed by atoms with E-state index in [9.17, 15) is 9.59 Å². The quantitative estimate of drug-likeness (QED) is 0.648. The number of ether oxygens (including phenoxy) is 1. The summed E-state index contributed by atoms with van der Waals surface area (Å²) in [5, 5.41) is 0. The number of alkyl halides is 1. The van der Waals surface area contributed by atoms with Gasteiger partial charge in [0.2, 0.25) is 0 Å². The van der Waals surface area contributed by atoms with Crippen molar-refractivity contribution in [1.29, 1.82) is 0 Å². The zero-order chi connectivity index (χ0) is 11.0. The topological polar surface area (TPSA) is 46.6 Å². The highest BCUT2D eigenvalue weighted by molar-refractivity contribution is 6.19. The first kappa shape index (κ1) is 10.7. The van der Waals surface area contributed by atoms with E-state index < -0.39 is 5.56 Å². The fraction of sp³-hybridized carbons (Fsp3) is 0.800. The van der Waals surface area contributed by atoms with Crippen LogP contribution in [0.3, 0.4) is 0 Å². The average molecular weight is 232 g/mol. The van der Waals surface area contributed by atoms with E-state index in [0.29, 0.717) is 12.8 Å². The Labute approximate surface area is 93.5 Å². The maximum atomic E-state index is 11.7. The number of ketones is 1. The summed E-state index contributed by atoms with van der Waals surface area (Å²) in [6.45, 7) is 1.61. The molecule has 1 amide bonds. The third-order valence-electron chi connectivity index (χ3n) is 3.02. The van der Waals surface area contributed by atoms with Crippen molar-refractivity contribution in [3.05, 3.63) is 0 Å². The van der Waals surface area contributed by atoms with E-state index in [1.165, 1.54) is 0 Å². The maximum absolute atomic E-state index is 11.7. The number of carbonyl (C=O) groups is 2. The third kappa shape index (κ3) is 2.09. The van der Waals surface area contributed by atoms with E-state index in [0.717, 1.165) is 12.8 Å². The first-order valence-electron chi connectivity index (χ1n) is 5.22. The Hall–Kier alpha value is -0.770. The van der Waals surface area contributed by atoms with Gasteiger partial charge in [-0.3, -0.25) is 4.79 Å². The number of nitrogens with zero attached hydrogens (tertiary/aromatic N) is 1. The van der Waals surface area contributed by atoms with Crippen LogP contribution in [-0.4, -0.2) is 34.4 Å². The van der Waals surface area contributed by atoms with Gasteiger partial charge in [-0.05, 0) is 19.8 Å². The fourth-order valence-electron chi connectivity index (χ4n) is 2.47. The smallest absolute Gasteiger partial charge is 0.411 e. The van der Waals surface area contributed by atoms with Crippen molar-refractivity contribution in [2.24, 2.45) is 0 Å². The van der Waals surface area contributed by atoms with Crippen molar-refractivity contribution in [1.82, 2.24) is 4.90 Å². The molecule has 0 aliphatic carbocycles. The largest absolute Gasteiger partial charge is 0.430 e. The average Bonchev–Trinajstić information content (AvgIpc) is 2.38. The van der Waals surface area contributed by atoms with E-state index in [-0.39, 0.29) is 24.0 Å². The number of hydrogen-bond donors (Lipinski definition) is 0. The van der Waals surface area contributed by atoms with Gasteiger partial charge < -0.3 is 9.64 Å². The minimum Gasteiger partial charge on any atom is -0.430 e. The molecule has 3 unspecified atom stereocenters. The van der Waals surface area contributed by atoms with Crippen molar-refractivity contribution < 1.29 is 14.3 Å². The fourth-order valence-corrected chi connectivity index (χ4v) is 2.54. The van der Waals surface area contributed by atoms with Crippen LogP contribution in [0.5, 0.6) is 0 Å². The van der Waals surface area contributed by atoms with E-state index in [4.69, 9.17) is 16.3 Å².